The van der Waals surface area contributed by atoms with Gasteiger partial charge in [0.1, 0.15) is 16.5 Å². The van der Waals surface area contributed by atoms with Crippen LogP contribution in [0.25, 0.3) is 21.4 Å². The normalized spacial score (nSPS) is 15.3. The summed E-state index contributed by atoms with van der Waals surface area (Å²) in [5, 5.41) is 7.50. The number of nitrogens with two attached hydrogens (primary N) is 1. The number of amides is 2. The molecule has 1 aliphatic heterocycles. The summed E-state index contributed by atoms with van der Waals surface area (Å²) < 4.78 is 0. The lowest BCUT2D eigenvalue weighted by molar-refractivity contribution is -0.123. The fourth-order valence-corrected chi connectivity index (χ4v) is 4.50. The third kappa shape index (κ3) is 4.84. The van der Waals surface area contributed by atoms with Gasteiger partial charge in [-0.1, -0.05) is 6.07 Å². The number of nitrogens with one attached hydrogen (secondary N) is 1. The van der Waals surface area contributed by atoms with Crippen LogP contribution in [0, 0.1) is 5.92 Å². The monoisotopic (exact) mass is 428 g/mol. The van der Waals surface area contributed by atoms with Gasteiger partial charge in [-0.25, -0.2) is 15.0 Å². The first-order valence-electron chi connectivity index (χ1n) is 9.23. The third-order valence-electron chi connectivity index (χ3n) is 4.74. The summed E-state index contributed by atoms with van der Waals surface area (Å²) in [6, 6.07) is 5.63. The maximum atomic E-state index is 12.6. The third-order valence-corrected chi connectivity index (χ3v) is 6.41. The largest absolute Gasteiger partial charge is 0.369 e. The molecule has 0 unspecified atom stereocenters. The van der Waals surface area contributed by atoms with Crippen molar-refractivity contribution in [1.82, 2.24) is 19.9 Å². The van der Waals surface area contributed by atoms with Gasteiger partial charge in [0.2, 0.25) is 11.8 Å². The smallest absolute Gasteiger partial charge is 0.239 e. The first-order valence-corrected chi connectivity index (χ1v) is 11.0. The molecule has 10 heteroatoms. The fraction of sp³-hybridized carbons (Fsp3) is 0.316. The van der Waals surface area contributed by atoms with Crippen LogP contribution >= 0.6 is 22.7 Å². The molecule has 29 heavy (non-hydrogen) atoms. The van der Waals surface area contributed by atoms with Crippen LogP contribution in [0.15, 0.2) is 35.2 Å². The van der Waals surface area contributed by atoms with Crippen molar-refractivity contribution in [3.8, 4) is 21.4 Å². The minimum atomic E-state index is -0.258. The number of thiophene rings is 1. The van der Waals surface area contributed by atoms with Gasteiger partial charge < -0.3 is 11.1 Å². The van der Waals surface area contributed by atoms with Crippen LogP contribution in [0.4, 0.5) is 5.82 Å². The molecule has 8 nitrogen and oxygen atoms in total. The van der Waals surface area contributed by atoms with Crippen molar-refractivity contribution in [2.45, 2.75) is 12.8 Å². The molecule has 0 spiro atoms. The van der Waals surface area contributed by atoms with E-state index in [-0.39, 0.29) is 24.3 Å². The number of hydrogen-bond donors (Lipinski definition) is 2. The predicted molar refractivity (Wildman–Crippen MR) is 113 cm³/mol. The molecular formula is C19H20N6O2S2. The summed E-state index contributed by atoms with van der Waals surface area (Å²) in [4.78, 5) is 40.3. The second-order valence-electron chi connectivity index (χ2n) is 6.78. The molecular weight excluding hydrogens is 408 g/mol. The lowest BCUT2D eigenvalue weighted by Crippen LogP contribution is -2.42. The Bertz CT molecular complexity index is 930. The molecule has 1 saturated heterocycles. The van der Waals surface area contributed by atoms with Crippen molar-refractivity contribution < 1.29 is 9.59 Å². The van der Waals surface area contributed by atoms with Crippen LogP contribution in [0.2, 0.25) is 0 Å². The molecule has 1 fully saturated rings. The Morgan fingerprint density at radius 2 is 2.03 bits per heavy atom. The lowest BCUT2D eigenvalue weighted by atomic mass is 9.96. The molecule has 3 aromatic rings. The summed E-state index contributed by atoms with van der Waals surface area (Å²) in [5.41, 5.74) is 6.05. The first kappa shape index (κ1) is 19.6. The zero-order valence-electron chi connectivity index (χ0n) is 15.6. The molecule has 0 aliphatic carbocycles. The maximum absolute atomic E-state index is 12.6. The Balaban J connectivity index is 1.48. The zero-order chi connectivity index (χ0) is 20.2. The second-order valence-corrected chi connectivity index (χ2v) is 8.62. The molecule has 150 valence electrons. The molecule has 4 rings (SSSR count). The molecule has 0 radical (unpaired) electrons. The highest BCUT2D eigenvalue weighted by atomic mass is 32.1. The number of piperidine rings is 1. The molecule has 0 bridgehead atoms. The number of anilines is 1. The number of rotatable bonds is 6. The molecule has 1 aliphatic rings. The van der Waals surface area contributed by atoms with Gasteiger partial charge in [0.15, 0.2) is 5.82 Å². The standard InChI is InChI=1S/C19H20N6O2S2/c20-17(27)12-3-6-25(7-4-12)11-16(26)23-15-10-13(19-21-5-9-29-19)22-18(24-15)14-2-1-8-28-14/h1-2,5,8-10,12H,3-4,6-7,11H2,(H2,20,27)(H,22,23,24,26). The van der Waals surface area contributed by atoms with E-state index in [9.17, 15) is 9.59 Å². The van der Waals surface area contributed by atoms with Gasteiger partial charge in [-0.05, 0) is 37.4 Å². The van der Waals surface area contributed by atoms with Crippen LogP contribution in [-0.2, 0) is 9.59 Å². The van der Waals surface area contributed by atoms with E-state index in [0.717, 1.165) is 9.88 Å². The predicted octanol–water partition coefficient (Wildman–Crippen LogP) is 2.46. The van der Waals surface area contributed by atoms with Gasteiger partial charge >= 0.3 is 0 Å². The van der Waals surface area contributed by atoms with E-state index in [1.165, 1.54) is 22.7 Å². The quantitative estimate of drug-likeness (QED) is 0.623. The van der Waals surface area contributed by atoms with E-state index in [1.807, 2.05) is 27.8 Å². The van der Waals surface area contributed by atoms with Gasteiger partial charge in [-0.15, -0.1) is 22.7 Å². The summed E-state index contributed by atoms with van der Waals surface area (Å²) in [6.07, 6.45) is 3.10. The lowest BCUT2D eigenvalue weighted by Gasteiger charge is -2.29. The van der Waals surface area contributed by atoms with Crippen LogP contribution in [-0.4, -0.2) is 51.3 Å². The van der Waals surface area contributed by atoms with E-state index >= 15 is 0 Å². The van der Waals surface area contributed by atoms with Gasteiger partial charge in [-0.3, -0.25) is 14.5 Å². The van der Waals surface area contributed by atoms with Crippen molar-refractivity contribution >= 4 is 40.3 Å². The second kappa shape index (κ2) is 8.76. The Kier molecular flexibility index (Phi) is 5.93. The van der Waals surface area contributed by atoms with E-state index in [4.69, 9.17) is 5.73 Å². The van der Waals surface area contributed by atoms with Crippen molar-refractivity contribution in [2.75, 3.05) is 25.0 Å². The Hall–Kier alpha value is -2.69. The number of likely N-dealkylation sites (tertiary alicyclic amines) is 1. The number of carbonyl (C=O) groups excluding carboxylic acids is 2. The van der Waals surface area contributed by atoms with Crippen molar-refractivity contribution in [2.24, 2.45) is 11.7 Å². The average Bonchev–Trinajstić information content (AvgIpc) is 3.42. The molecule has 0 aromatic carbocycles. The number of aromatic nitrogens is 3. The number of hydrogen-bond acceptors (Lipinski definition) is 8. The summed E-state index contributed by atoms with van der Waals surface area (Å²) in [7, 11) is 0. The molecule has 0 atom stereocenters. The topological polar surface area (TPSA) is 114 Å². The minimum absolute atomic E-state index is 0.0922. The van der Waals surface area contributed by atoms with Crippen molar-refractivity contribution in [3.63, 3.8) is 0 Å². The van der Waals surface area contributed by atoms with Gasteiger partial charge in [-0.2, -0.15) is 0 Å². The van der Waals surface area contributed by atoms with E-state index in [2.05, 4.69) is 20.3 Å². The summed E-state index contributed by atoms with van der Waals surface area (Å²) in [5.74, 6) is 0.510. The highest BCUT2D eigenvalue weighted by Crippen LogP contribution is 2.28. The average molecular weight is 429 g/mol. The molecule has 3 aromatic heterocycles. The highest BCUT2D eigenvalue weighted by Gasteiger charge is 2.24. The summed E-state index contributed by atoms with van der Waals surface area (Å²) >= 11 is 3.02. The first-order chi connectivity index (χ1) is 14.1. The Morgan fingerprint density at radius 1 is 1.21 bits per heavy atom. The molecule has 2 amide bonds. The molecule has 4 heterocycles. The van der Waals surface area contributed by atoms with Gasteiger partial charge in [0.25, 0.3) is 0 Å². The van der Waals surface area contributed by atoms with Crippen molar-refractivity contribution in [1.29, 1.82) is 0 Å². The van der Waals surface area contributed by atoms with Crippen LogP contribution in [0.3, 0.4) is 0 Å². The Morgan fingerprint density at radius 3 is 2.69 bits per heavy atom. The van der Waals surface area contributed by atoms with E-state index < -0.39 is 0 Å². The number of nitrogens with zero attached hydrogens (tertiary/aromatic N) is 4. The minimum Gasteiger partial charge on any atom is -0.369 e. The highest BCUT2D eigenvalue weighted by molar-refractivity contribution is 7.13. The van der Waals surface area contributed by atoms with E-state index in [1.54, 1.807) is 12.3 Å². The SMILES string of the molecule is NC(=O)C1CCN(CC(=O)Nc2cc(-c3nccs3)nc(-c3cccs3)n2)CC1. The zero-order valence-corrected chi connectivity index (χ0v) is 17.2. The number of primary amides is 1. The van der Waals surface area contributed by atoms with Crippen molar-refractivity contribution in [3.05, 3.63) is 35.2 Å². The van der Waals surface area contributed by atoms with Crippen LogP contribution < -0.4 is 11.1 Å². The van der Waals surface area contributed by atoms with Gasteiger partial charge in [0, 0.05) is 23.6 Å². The number of carbonyl (C=O) groups is 2. The van der Waals surface area contributed by atoms with Gasteiger partial charge in [0.05, 0.1) is 11.4 Å². The van der Waals surface area contributed by atoms with Crippen LogP contribution in [0.5, 0.6) is 0 Å². The maximum Gasteiger partial charge on any atom is 0.239 e. The van der Waals surface area contributed by atoms with Crippen LogP contribution in [0.1, 0.15) is 12.8 Å². The van der Waals surface area contributed by atoms with E-state index in [0.29, 0.717) is 43.3 Å². The number of thiazole rings is 1. The summed E-state index contributed by atoms with van der Waals surface area (Å²) in [6.45, 7) is 1.60. The fourth-order valence-electron chi connectivity index (χ4n) is 3.25. The molecule has 3 N–H and O–H groups in total. The Labute approximate surface area is 175 Å². The molecule has 0 saturated carbocycles.